The van der Waals surface area contributed by atoms with Crippen molar-refractivity contribution in [1.82, 2.24) is 14.1 Å². The number of aliphatic hydroxyl groups is 1. The maximum absolute atomic E-state index is 14.3. The Hall–Kier alpha value is -2.17. The number of esters is 1. The molecule has 0 bridgehead atoms. The number of methoxy groups -OCH3 is 2. The van der Waals surface area contributed by atoms with Gasteiger partial charge in [0.1, 0.15) is 23.9 Å². The molecule has 0 radical (unpaired) electrons. The summed E-state index contributed by atoms with van der Waals surface area (Å²) in [6.45, 7) is 11.7. The molecule has 14 heteroatoms. The van der Waals surface area contributed by atoms with Crippen molar-refractivity contribution in [3.05, 3.63) is 24.3 Å². The number of aliphatic hydroxyl groups excluding tert-OH is 1. The van der Waals surface area contributed by atoms with Crippen LogP contribution in [0.4, 0.5) is 0 Å². The number of ketones is 1. The molecule has 3 rings (SSSR count). The number of ether oxygens (including phenoxy) is 5. The maximum atomic E-state index is 14.3. The Kier molecular flexibility index (Phi) is 14.8. The van der Waals surface area contributed by atoms with Gasteiger partial charge in [0.15, 0.2) is 12.1 Å². The van der Waals surface area contributed by atoms with E-state index in [1.54, 1.807) is 26.2 Å². The quantitative estimate of drug-likeness (QED) is 0.326. The summed E-state index contributed by atoms with van der Waals surface area (Å²) in [6, 6.07) is 5.92. The normalized spacial score (nSPS) is 33.5. The Balaban J connectivity index is 1.97. The third kappa shape index (κ3) is 10.0. The molecule has 0 unspecified atom stereocenters. The largest absolute Gasteiger partial charge is 0.497 e. The Labute approximate surface area is 299 Å². The minimum atomic E-state index is -3.93. The zero-order chi connectivity index (χ0) is 37.6. The average molecular weight is 728 g/mol. The lowest BCUT2D eigenvalue weighted by atomic mass is 9.74. The third-order valence-electron chi connectivity index (χ3n) is 10.2. The van der Waals surface area contributed by atoms with Gasteiger partial charge < -0.3 is 38.6 Å². The minimum absolute atomic E-state index is 0.0526. The number of hydrogen-bond acceptors (Lipinski definition) is 12. The van der Waals surface area contributed by atoms with Crippen LogP contribution in [-0.4, -0.2) is 144 Å². The number of Topliss-reactive ketones (excluding diaryl/α,β-unsaturated/α-hetero) is 1. The van der Waals surface area contributed by atoms with Gasteiger partial charge in [0.25, 0.3) is 0 Å². The Bertz CT molecular complexity index is 1370. The molecule has 2 fully saturated rings. The van der Waals surface area contributed by atoms with Crippen molar-refractivity contribution < 1.29 is 46.8 Å². The number of sulfonamides is 1. The van der Waals surface area contributed by atoms with Crippen molar-refractivity contribution in [2.24, 2.45) is 17.3 Å². The molecule has 2 aliphatic heterocycles. The van der Waals surface area contributed by atoms with Gasteiger partial charge in [-0.3, -0.25) is 9.59 Å². The van der Waals surface area contributed by atoms with Crippen LogP contribution in [0.3, 0.4) is 0 Å². The lowest BCUT2D eigenvalue weighted by Crippen LogP contribution is -2.59. The van der Waals surface area contributed by atoms with Crippen LogP contribution in [0.5, 0.6) is 5.75 Å². The second kappa shape index (κ2) is 17.6. The Morgan fingerprint density at radius 3 is 2.22 bits per heavy atom. The molecule has 50 heavy (non-hydrogen) atoms. The zero-order valence-corrected chi connectivity index (χ0v) is 32.7. The summed E-state index contributed by atoms with van der Waals surface area (Å²) < 4.78 is 58.5. The molecule has 1 N–H and O–H groups in total. The van der Waals surface area contributed by atoms with Crippen LogP contribution in [0.15, 0.2) is 29.2 Å². The topological polar surface area (TPSA) is 144 Å². The minimum Gasteiger partial charge on any atom is -0.497 e. The summed E-state index contributed by atoms with van der Waals surface area (Å²) >= 11 is 0. The molecule has 0 aliphatic carbocycles. The predicted molar refractivity (Wildman–Crippen MR) is 189 cm³/mol. The van der Waals surface area contributed by atoms with E-state index < -0.39 is 57.2 Å². The van der Waals surface area contributed by atoms with Crippen molar-refractivity contribution in [3.8, 4) is 5.75 Å². The van der Waals surface area contributed by atoms with Gasteiger partial charge in [0, 0.05) is 38.7 Å². The second-order valence-electron chi connectivity index (χ2n) is 15.1. The first-order valence-electron chi connectivity index (χ1n) is 17.5. The highest BCUT2D eigenvalue weighted by Crippen LogP contribution is 2.38. The van der Waals surface area contributed by atoms with Gasteiger partial charge in [0.2, 0.25) is 10.0 Å². The predicted octanol–water partition coefficient (Wildman–Crippen LogP) is 3.04. The molecule has 0 aromatic heterocycles. The third-order valence-corrected chi connectivity index (χ3v) is 12.1. The zero-order valence-electron chi connectivity index (χ0n) is 31.9. The summed E-state index contributed by atoms with van der Waals surface area (Å²) in [4.78, 5) is 32.1. The molecule has 0 spiro atoms. The van der Waals surface area contributed by atoms with Crippen molar-refractivity contribution in [2.45, 2.75) is 102 Å². The Morgan fingerprint density at radius 1 is 1.00 bits per heavy atom. The fraction of sp³-hybridized carbons (Fsp3) is 0.778. The van der Waals surface area contributed by atoms with Gasteiger partial charge in [0.05, 0.1) is 29.8 Å². The number of benzene rings is 1. The molecule has 0 amide bonds. The van der Waals surface area contributed by atoms with Crippen LogP contribution >= 0.6 is 0 Å². The standard InChI is InChI=1S/C36H61N3O10S/c1-24-22-36(6,46-11)32(49-33-30(40)29(37(7)8)21-25(2)48-33)26(3)31(41)35(4,5)34(42)47-20-19-39(18-12-17-38(9)23-24)50(43,44)28-15-13-27(45-10)14-16-28/h13-16,24-26,29-30,32-33,40H,12,17-23H2,1-11H3/t24-,25-,26+,29+,30-,32-,33+,36-/m1/s1. The summed E-state index contributed by atoms with van der Waals surface area (Å²) in [5.74, 6) is -1.51. The van der Waals surface area contributed by atoms with Crippen LogP contribution in [0.1, 0.15) is 60.8 Å². The van der Waals surface area contributed by atoms with Crippen molar-refractivity contribution in [3.63, 3.8) is 0 Å². The molecular formula is C36H61N3O10S. The molecule has 8 atom stereocenters. The number of carbonyl (C=O) groups excluding carboxylic acids is 2. The Morgan fingerprint density at radius 2 is 1.64 bits per heavy atom. The van der Waals surface area contributed by atoms with E-state index in [4.69, 9.17) is 23.7 Å². The summed E-state index contributed by atoms with van der Waals surface area (Å²) in [7, 11) is 4.92. The highest BCUT2D eigenvalue weighted by Gasteiger charge is 2.51. The number of likely N-dealkylation sites (N-methyl/N-ethyl adjacent to an activating group) is 1. The lowest BCUT2D eigenvalue weighted by molar-refractivity contribution is -0.295. The van der Waals surface area contributed by atoms with Gasteiger partial charge in [-0.25, -0.2) is 8.42 Å². The van der Waals surface area contributed by atoms with Crippen LogP contribution < -0.4 is 4.74 Å². The highest BCUT2D eigenvalue weighted by atomic mass is 32.2. The second-order valence-corrected chi connectivity index (χ2v) is 17.0. The first kappa shape index (κ1) is 42.2. The molecule has 13 nitrogen and oxygen atoms in total. The molecule has 286 valence electrons. The van der Waals surface area contributed by atoms with Crippen LogP contribution in [0.2, 0.25) is 0 Å². The van der Waals surface area contributed by atoms with Gasteiger partial charge in [-0.2, -0.15) is 4.31 Å². The monoisotopic (exact) mass is 727 g/mol. The fourth-order valence-electron chi connectivity index (χ4n) is 7.28. The van der Waals surface area contributed by atoms with Crippen molar-refractivity contribution in [1.29, 1.82) is 0 Å². The van der Waals surface area contributed by atoms with Crippen LogP contribution in [0.25, 0.3) is 0 Å². The fourth-order valence-corrected chi connectivity index (χ4v) is 8.74. The van der Waals surface area contributed by atoms with E-state index in [0.717, 1.165) is 0 Å². The van der Waals surface area contributed by atoms with Gasteiger partial charge in [-0.1, -0.05) is 13.8 Å². The van der Waals surface area contributed by atoms with Crippen LogP contribution in [0, 0.1) is 17.3 Å². The molecular weight excluding hydrogens is 666 g/mol. The molecule has 0 saturated carbocycles. The molecule has 2 heterocycles. The first-order chi connectivity index (χ1) is 23.3. The van der Waals surface area contributed by atoms with Crippen molar-refractivity contribution >= 4 is 21.8 Å². The van der Waals surface area contributed by atoms with Crippen LogP contribution in [-0.2, 0) is 38.6 Å². The number of rotatable bonds is 7. The SMILES string of the molecule is COc1ccc(S(=O)(=O)N2CCCN(C)C[C@H](C)C[C@@](C)(OC)[C@H](O[C@@H]3O[C@H](C)C[C@H](N(C)C)[C@H]3O)[C@@H](C)C(=O)C(C)(C)C(=O)OCC2)cc1. The lowest BCUT2D eigenvalue weighted by Gasteiger charge is -2.47. The molecule has 1 aromatic rings. The molecule has 2 saturated heterocycles. The van der Waals surface area contributed by atoms with E-state index >= 15 is 0 Å². The molecule has 2 aliphatic rings. The maximum Gasteiger partial charge on any atom is 0.319 e. The van der Waals surface area contributed by atoms with Crippen molar-refractivity contribution in [2.75, 3.05) is 68.1 Å². The molecule has 1 aromatic carbocycles. The van der Waals surface area contributed by atoms with E-state index in [1.807, 2.05) is 39.9 Å². The number of hydrogen-bond donors (Lipinski definition) is 1. The highest BCUT2D eigenvalue weighted by molar-refractivity contribution is 7.89. The number of nitrogens with zero attached hydrogens (tertiary/aromatic N) is 3. The number of cyclic esters (lactones) is 1. The van der Waals surface area contributed by atoms with Gasteiger partial charge in [-0.15, -0.1) is 0 Å². The summed E-state index contributed by atoms with van der Waals surface area (Å²) in [5.41, 5.74) is -2.63. The van der Waals surface area contributed by atoms with E-state index in [9.17, 15) is 23.1 Å². The van der Waals surface area contributed by atoms with E-state index in [1.165, 1.54) is 37.4 Å². The summed E-state index contributed by atoms with van der Waals surface area (Å²) in [5, 5.41) is 11.4. The van der Waals surface area contributed by atoms with Gasteiger partial charge in [-0.05, 0) is 105 Å². The van der Waals surface area contributed by atoms with E-state index in [2.05, 4.69) is 11.8 Å². The van der Waals surface area contributed by atoms with E-state index in [-0.39, 0.29) is 42.7 Å². The first-order valence-corrected chi connectivity index (χ1v) is 19.0. The smallest absolute Gasteiger partial charge is 0.319 e. The van der Waals surface area contributed by atoms with E-state index in [0.29, 0.717) is 38.1 Å². The average Bonchev–Trinajstić information content (AvgIpc) is 3.06. The summed E-state index contributed by atoms with van der Waals surface area (Å²) in [6.07, 6.45) is -1.53. The van der Waals surface area contributed by atoms with Gasteiger partial charge >= 0.3 is 5.97 Å². The number of carbonyl (C=O) groups is 2.